The summed E-state index contributed by atoms with van der Waals surface area (Å²) in [5, 5.41) is 17.5. The molecule has 1 unspecified atom stereocenters. The van der Waals surface area contributed by atoms with E-state index in [1.165, 1.54) is 13.2 Å². The topological polar surface area (TPSA) is 110 Å². The number of phenols is 1. The van der Waals surface area contributed by atoms with Crippen molar-refractivity contribution < 1.29 is 24.5 Å². The van der Waals surface area contributed by atoms with Gasteiger partial charge in [-0.25, -0.2) is 0 Å². The van der Waals surface area contributed by atoms with Gasteiger partial charge in [0.2, 0.25) is 0 Å². The number of phenolic OH excluding ortho intramolecular Hbond substituents is 1. The molecule has 0 aliphatic rings. The standard InChI is InChI=1S/C8H8O3.C5H11NO2S/c1-11-7-4-2-3-6(5-9)8(7)10;1-9-3-2-4(6)5(7)8/h2-5,10H,1H3;4H,2-3,6H2,1H3,(H,7,8). The number of aliphatic carboxylic acids is 1. The van der Waals surface area contributed by atoms with Crippen molar-refractivity contribution in [3.8, 4) is 11.5 Å². The van der Waals surface area contributed by atoms with Crippen molar-refractivity contribution in [1.29, 1.82) is 0 Å². The number of aromatic hydroxyl groups is 1. The highest BCUT2D eigenvalue weighted by atomic mass is 32.2. The fourth-order valence-corrected chi connectivity index (χ4v) is 1.66. The van der Waals surface area contributed by atoms with E-state index in [9.17, 15) is 14.7 Å². The number of rotatable bonds is 6. The average Bonchev–Trinajstić information content (AvgIpc) is 2.45. The first-order valence-corrected chi connectivity index (χ1v) is 7.15. The van der Waals surface area contributed by atoms with Crippen LogP contribution >= 0.6 is 11.8 Å². The van der Waals surface area contributed by atoms with Crippen LogP contribution in [0.25, 0.3) is 0 Å². The van der Waals surface area contributed by atoms with E-state index in [2.05, 4.69) is 0 Å². The van der Waals surface area contributed by atoms with E-state index in [-0.39, 0.29) is 11.3 Å². The number of carboxylic acids is 1. The van der Waals surface area contributed by atoms with Gasteiger partial charge < -0.3 is 20.7 Å². The monoisotopic (exact) mass is 301 g/mol. The Morgan fingerprint density at radius 1 is 1.55 bits per heavy atom. The smallest absolute Gasteiger partial charge is 0.320 e. The summed E-state index contributed by atoms with van der Waals surface area (Å²) < 4.78 is 4.78. The maximum Gasteiger partial charge on any atom is 0.320 e. The molecule has 7 heteroatoms. The van der Waals surface area contributed by atoms with Crippen molar-refractivity contribution in [1.82, 2.24) is 0 Å². The van der Waals surface area contributed by atoms with E-state index in [1.807, 2.05) is 6.26 Å². The number of benzene rings is 1. The number of carbonyl (C=O) groups excluding carboxylic acids is 1. The molecule has 0 saturated heterocycles. The molecule has 112 valence electrons. The molecule has 6 nitrogen and oxygen atoms in total. The minimum atomic E-state index is -0.913. The molecule has 0 aromatic heterocycles. The number of hydrogen-bond acceptors (Lipinski definition) is 6. The van der Waals surface area contributed by atoms with Crippen molar-refractivity contribution in [2.24, 2.45) is 5.73 Å². The Kier molecular flexibility index (Phi) is 9.23. The van der Waals surface area contributed by atoms with Crippen molar-refractivity contribution in [2.45, 2.75) is 12.5 Å². The normalized spacial score (nSPS) is 10.9. The summed E-state index contributed by atoms with van der Waals surface area (Å²) in [4.78, 5) is 20.4. The van der Waals surface area contributed by atoms with Gasteiger partial charge in [-0.15, -0.1) is 0 Å². The van der Waals surface area contributed by atoms with Gasteiger partial charge in [0.1, 0.15) is 6.04 Å². The van der Waals surface area contributed by atoms with Crippen LogP contribution in [0, 0.1) is 0 Å². The zero-order chi connectivity index (χ0) is 15.5. The fourth-order valence-electron chi connectivity index (χ4n) is 1.17. The lowest BCUT2D eigenvalue weighted by Crippen LogP contribution is -2.30. The van der Waals surface area contributed by atoms with Gasteiger partial charge in [-0.1, -0.05) is 6.07 Å². The average molecular weight is 301 g/mol. The van der Waals surface area contributed by atoms with Crippen LogP contribution in [0.2, 0.25) is 0 Å². The van der Waals surface area contributed by atoms with Gasteiger partial charge >= 0.3 is 5.97 Å². The van der Waals surface area contributed by atoms with E-state index in [0.717, 1.165) is 5.75 Å². The minimum Gasteiger partial charge on any atom is -0.504 e. The van der Waals surface area contributed by atoms with Gasteiger partial charge in [0.15, 0.2) is 17.8 Å². The molecule has 20 heavy (non-hydrogen) atoms. The number of hydrogen-bond donors (Lipinski definition) is 3. The molecule has 1 atom stereocenters. The lowest BCUT2D eigenvalue weighted by molar-refractivity contribution is -0.138. The number of thioether (sulfide) groups is 1. The molecule has 0 fully saturated rings. The highest BCUT2D eigenvalue weighted by molar-refractivity contribution is 7.98. The summed E-state index contributed by atoms with van der Waals surface area (Å²) >= 11 is 1.60. The summed E-state index contributed by atoms with van der Waals surface area (Å²) in [7, 11) is 1.43. The first kappa shape index (κ1) is 18.3. The molecule has 1 aromatic carbocycles. The highest BCUT2D eigenvalue weighted by Crippen LogP contribution is 2.27. The number of carbonyl (C=O) groups is 2. The Morgan fingerprint density at radius 2 is 2.20 bits per heavy atom. The SMILES string of the molecule is COc1cccc(C=O)c1O.CSCCC(N)C(=O)O. The second-order valence-corrected chi connectivity index (χ2v) is 4.73. The third-order valence-electron chi connectivity index (χ3n) is 2.33. The third-order valence-corrected chi connectivity index (χ3v) is 2.97. The van der Waals surface area contributed by atoms with E-state index in [4.69, 9.17) is 15.6 Å². The first-order valence-electron chi connectivity index (χ1n) is 5.76. The Bertz CT molecular complexity index is 439. The predicted octanol–water partition coefficient (Wildman–Crippen LogP) is 1.36. The molecule has 1 rings (SSSR count). The molecule has 0 saturated carbocycles. The number of methoxy groups -OCH3 is 1. The number of carboxylic acid groups (broad SMARTS) is 1. The molecular weight excluding hydrogens is 282 g/mol. The zero-order valence-electron chi connectivity index (χ0n) is 11.4. The molecular formula is C13H19NO5S. The molecule has 0 spiro atoms. The van der Waals surface area contributed by atoms with Gasteiger partial charge in [0.05, 0.1) is 12.7 Å². The Balaban J connectivity index is 0.000000370. The molecule has 4 N–H and O–H groups in total. The summed E-state index contributed by atoms with van der Waals surface area (Å²) in [6.07, 6.45) is 3.06. The molecule has 0 aliphatic carbocycles. The summed E-state index contributed by atoms with van der Waals surface area (Å²) in [6, 6.07) is 4.06. The minimum absolute atomic E-state index is 0.106. The van der Waals surface area contributed by atoms with Crippen LogP contribution < -0.4 is 10.5 Å². The quantitative estimate of drug-likeness (QED) is 0.680. The Morgan fingerprint density at radius 3 is 2.65 bits per heavy atom. The Labute approximate surface area is 121 Å². The van der Waals surface area contributed by atoms with E-state index >= 15 is 0 Å². The second-order valence-electron chi connectivity index (χ2n) is 3.74. The molecule has 0 bridgehead atoms. The highest BCUT2D eigenvalue weighted by Gasteiger charge is 2.09. The number of aldehydes is 1. The van der Waals surface area contributed by atoms with Crippen molar-refractivity contribution in [3.63, 3.8) is 0 Å². The predicted molar refractivity (Wildman–Crippen MR) is 78.7 cm³/mol. The van der Waals surface area contributed by atoms with Crippen molar-refractivity contribution >= 4 is 24.0 Å². The van der Waals surface area contributed by atoms with Gasteiger partial charge in [-0.05, 0) is 30.6 Å². The lowest BCUT2D eigenvalue weighted by Gasteiger charge is -2.02. The summed E-state index contributed by atoms with van der Waals surface area (Å²) in [6.45, 7) is 0. The van der Waals surface area contributed by atoms with Crippen LogP contribution in [-0.4, -0.2) is 47.6 Å². The van der Waals surface area contributed by atoms with E-state index in [1.54, 1.807) is 23.9 Å². The van der Waals surface area contributed by atoms with Gasteiger partial charge in [-0.2, -0.15) is 11.8 Å². The summed E-state index contributed by atoms with van der Waals surface area (Å²) in [5.41, 5.74) is 5.43. The summed E-state index contributed by atoms with van der Waals surface area (Å²) in [5.74, 6) is 0.108. The largest absolute Gasteiger partial charge is 0.504 e. The molecule has 0 heterocycles. The second kappa shape index (κ2) is 10.1. The van der Waals surface area contributed by atoms with E-state index in [0.29, 0.717) is 18.5 Å². The lowest BCUT2D eigenvalue weighted by atomic mass is 10.2. The van der Waals surface area contributed by atoms with Crippen LogP contribution in [0.3, 0.4) is 0 Å². The molecule has 0 radical (unpaired) electrons. The van der Waals surface area contributed by atoms with Gasteiger partial charge in [-0.3, -0.25) is 9.59 Å². The van der Waals surface area contributed by atoms with Crippen molar-refractivity contribution in [2.75, 3.05) is 19.1 Å². The molecule has 0 aliphatic heterocycles. The maximum atomic E-state index is 10.3. The fraction of sp³-hybridized carbons (Fsp3) is 0.385. The van der Waals surface area contributed by atoms with Crippen LogP contribution in [-0.2, 0) is 4.79 Å². The number of ether oxygens (including phenoxy) is 1. The third kappa shape index (κ3) is 6.44. The zero-order valence-corrected chi connectivity index (χ0v) is 12.2. The number of para-hydroxylation sites is 1. The van der Waals surface area contributed by atoms with Crippen LogP contribution in [0.4, 0.5) is 0 Å². The maximum absolute atomic E-state index is 10.3. The van der Waals surface area contributed by atoms with Crippen LogP contribution in [0.15, 0.2) is 18.2 Å². The first-order chi connectivity index (χ1) is 9.47. The van der Waals surface area contributed by atoms with Crippen molar-refractivity contribution in [3.05, 3.63) is 23.8 Å². The van der Waals surface area contributed by atoms with Crippen LogP contribution in [0.1, 0.15) is 16.8 Å². The number of nitrogens with two attached hydrogens (primary N) is 1. The van der Waals surface area contributed by atoms with Crippen LogP contribution in [0.5, 0.6) is 11.5 Å². The van der Waals surface area contributed by atoms with Gasteiger partial charge in [0, 0.05) is 0 Å². The Hall–Kier alpha value is -1.73. The van der Waals surface area contributed by atoms with E-state index < -0.39 is 12.0 Å². The van der Waals surface area contributed by atoms with Gasteiger partial charge in [0.25, 0.3) is 0 Å². The molecule has 1 aromatic rings. The molecule has 0 amide bonds.